The Morgan fingerprint density at radius 1 is 1.18 bits per heavy atom. The fourth-order valence-electron chi connectivity index (χ4n) is 2.69. The van der Waals surface area contributed by atoms with Crippen molar-refractivity contribution >= 4 is 23.9 Å². The monoisotopic (exact) mass is 385 g/mol. The predicted octanol–water partition coefficient (Wildman–Crippen LogP) is 3.44. The van der Waals surface area contributed by atoms with Gasteiger partial charge in [0.2, 0.25) is 0 Å². The summed E-state index contributed by atoms with van der Waals surface area (Å²) in [6, 6.07) is 6.70. The molecule has 0 atom stereocenters. The fourth-order valence-corrected chi connectivity index (χ4v) is 2.69. The number of hydrogen-bond acceptors (Lipinski definition) is 7. The number of aliphatic hydroxyl groups is 1. The van der Waals surface area contributed by atoms with Crippen LogP contribution in [0, 0.1) is 12.3 Å². The molecule has 1 aliphatic carbocycles. The first-order chi connectivity index (χ1) is 13.1. The Labute approximate surface area is 163 Å². The minimum absolute atomic E-state index is 0.0268. The zero-order valence-electron chi connectivity index (χ0n) is 16.3. The Morgan fingerprint density at radius 3 is 2.39 bits per heavy atom. The quantitative estimate of drug-likeness (QED) is 0.360. The van der Waals surface area contributed by atoms with E-state index in [9.17, 15) is 19.5 Å². The summed E-state index contributed by atoms with van der Waals surface area (Å²) in [6.07, 6.45) is 2.52. The zero-order valence-corrected chi connectivity index (χ0v) is 16.3. The lowest BCUT2D eigenvalue weighted by Crippen LogP contribution is -2.26. The van der Waals surface area contributed by atoms with Gasteiger partial charge in [-0.2, -0.15) is 0 Å². The molecular formula is C21H23NO6. The van der Waals surface area contributed by atoms with Gasteiger partial charge in [0.1, 0.15) is 12.0 Å². The summed E-state index contributed by atoms with van der Waals surface area (Å²) in [5.41, 5.74) is 0.656. The highest BCUT2D eigenvalue weighted by atomic mass is 16.5. The van der Waals surface area contributed by atoms with Gasteiger partial charge in [0.25, 0.3) is 0 Å². The van der Waals surface area contributed by atoms with Crippen LogP contribution >= 0.6 is 0 Å². The van der Waals surface area contributed by atoms with E-state index in [-0.39, 0.29) is 34.6 Å². The lowest BCUT2D eigenvalue weighted by molar-refractivity contribution is -0.136. The lowest BCUT2D eigenvalue weighted by atomic mass is 9.77. The molecule has 1 aliphatic rings. The number of ether oxygens (including phenoxy) is 2. The highest BCUT2D eigenvalue weighted by molar-refractivity contribution is 6.15. The number of aliphatic imine (C=N–C) groups is 1. The molecule has 1 aromatic rings. The van der Waals surface area contributed by atoms with Gasteiger partial charge in [-0.3, -0.25) is 4.79 Å². The van der Waals surface area contributed by atoms with Crippen LogP contribution in [-0.4, -0.2) is 36.2 Å². The summed E-state index contributed by atoms with van der Waals surface area (Å²) in [4.78, 5) is 40.1. The van der Waals surface area contributed by atoms with E-state index in [0.29, 0.717) is 12.0 Å². The summed E-state index contributed by atoms with van der Waals surface area (Å²) >= 11 is 0. The van der Waals surface area contributed by atoms with Gasteiger partial charge in [0, 0.05) is 19.1 Å². The summed E-state index contributed by atoms with van der Waals surface area (Å²) < 4.78 is 9.62. The van der Waals surface area contributed by atoms with Gasteiger partial charge in [-0.05, 0) is 24.5 Å². The number of aryl methyl sites for hydroxylation is 1. The molecular weight excluding hydrogens is 362 g/mol. The molecule has 0 unspecified atom stereocenters. The summed E-state index contributed by atoms with van der Waals surface area (Å²) in [7, 11) is 1.15. The maximum absolute atomic E-state index is 12.2. The van der Waals surface area contributed by atoms with Gasteiger partial charge in [0.15, 0.2) is 11.5 Å². The molecule has 0 saturated heterocycles. The second-order valence-electron chi connectivity index (χ2n) is 7.33. The summed E-state index contributed by atoms with van der Waals surface area (Å²) in [5.74, 6) is -1.89. The van der Waals surface area contributed by atoms with Crippen molar-refractivity contribution in [3.05, 3.63) is 58.7 Å². The predicted molar refractivity (Wildman–Crippen MR) is 103 cm³/mol. The van der Waals surface area contributed by atoms with Crippen LogP contribution in [0.2, 0.25) is 0 Å². The number of methoxy groups -OCH3 is 1. The van der Waals surface area contributed by atoms with Crippen molar-refractivity contribution in [2.45, 2.75) is 33.6 Å². The highest BCUT2D eigenvalue weighted by Gasteiger charge is 2.32. The third-order valence-corrected chi connectivity index (χ3v) is 4.19. The number of rotatable bonds is 5. The Hall–Kier alpha value is -3.22. The van der Waals surface area contributed by atoms with Gasteiger partial charge >= 0.3 is 11.9 Å². The summed E-state index contributed by atoms with van der Waals surface area (Å²) in [5, 5.41) is 10.1. The van der Waals surface area contributed by atoms with E-state index in [1.165, 1.54) is 0 Å². The number of Topliss-reactive ketones (excluding diaryl/α,β-unsaturated/α-hetero) is 1. The van der Waals surface area contributed by atoms with Gasteiger partial charge in [0.05, 0.1) is 18.2 Å². The van der Waals surface area contributed by atoms with E-state index >= 15 is 0 Å². The molecule has 1 aromatic carbocycles. The summed E-state index contributed by atoms with van der Waals surface area (Å²) in [6.45, 7) is 5.63. The second kappa shape index (κ2) is 8.65. The number of allylic oxidation sites excluding steroid dienone is 2. The molecule has 0 aromatic heterocycles. The molecule has 7 nitrogen and oxygen atoms in total. The molecule has 148 valence electrons. The van der Waals surface area contributed by atoms with Crippen LogP contribution in [-0.2, 0) is 19.1 Å². The first-order valence-electron chi connectivity index (χ1n) is 8.68. The van der Waals surface area contributed by atoms with E-state index in [1.807, 2.05) is 20.8 Å². The van der Waals surface area contributed by atoms with Gasteiger partial charge in [-0.25, -0.2) is 14.6 Å². The molecule has 0 radical (unpaired) electrons. The maximum atomic E-state index is 12.2. The van der Waals surface area contributed by atoms with Crippen molar-refractivity contribution in [1.82, 2.24) is 0 Å². The first-order valence-corrected chi connectivity index (χ1v) is 8.68. The largest absolute Gasteiger partial charge is 0.511 e. The molecule has 7 heteroatoms. The lowest BCUT2D eigenvalue weighted by Gasteiger charge is -2.28. The van der Waals surface area contributed by atoms with Crippen molar-refractivity contribution in [3.8, 4) is 0 Å². The molecule has 0 bridgehead atoms. The molecule has 0 aliphatic heterocycles. The highest BCUT2D eigenvalue weighted by Crippen LogP contribution is 2.35. The normalized spacial score (nSPS) is 17.0. The molecule has 0 amide bonds. The van der Waals surface area contributed by atoms with Crippen LogP contribution < -0.4 is 0 Å². The number of nitrogens with zero attached hydrogens (tertiary/aromatic N) is 1. The molecule has 0 heterocycles. The van der Waals surface area contributed by atoms with Crippen LogP contribution in [0.25, 0.3) is 0 Å². The fraction of sp³-hybridized carbons (Fsp3) is 0.333. The van der Waals surface area contributed by atoms with Crippen LogP contribution in [0.5, 0.6) is 0 Å². The SMILES string of the molecule is COC(=O)/C(=C/OC(=O)c1ccc(C)cc1)N=CC1=C(O)CC(C)(C)CC1=O. The van der Waals surface area contributed by atoms with E-state index in [2.05, 4.69) is 9.73 Å². The van der Waals surface area contributed by atoms with Crippen LogP contribution in [0.1, 0.15) is 42.6 Å². The van der Waals surface area contributed by atoms with E-state index in [0.717, 1.165) is 25.1 Å². The third-order valence-electron chi connectivity index (χ3n) is 4.19. The second-order valence-corrected chi connectivity index (χ2v) is 7.33. The number of carbonyl (C=O) groups is 3. The molecule has 0 spiro atoms. The van der Waals surface area contributed by atoms with E-state index < -0.39 is 11.9 Å². The Balaban J connectivity index is 2.22. The van der Waals surface area contributed by atoms with E-state index in [1.54, 1.807) is 24.3 Å². The van der Waals surface area contributed by atoms with Crippen molar-refractivity contribution in [1.29, 1.82) is 0 Å². The molecule has 0 fully saturated rings. The van der Waals surface area contributed by atoms with Gasteiger partial charge in [-0.1, -0.05) is 31.5 Å². The first kappa shape index (κ1) is 21.1. The number of aliphatic hydroxyl groups excluding tert-OH is 1. The maximum Gasteiger partial charge on any atom is 0.359 e. The minimum atomic E-state index is -0.850. The minimum Gasteiger partial charge on any atom is -0.511 e. The third kappa shape index (κ3) is 5.39. The Bertz CT molecular complexity index is 875. The number of benzene rings is 1. The van der Waals surface area contributed by atoms with Crippen LogP contribution in [0.3, 0.4) is 0 Å². The number of ketones is 1. The molecule has 28 heavy (non-hydrogen) atoms. The number of carbonyl (C=O) groups excluding carboxylic acids is 3. The van der Waals surface area contributed by atoms with Crippen molar-refractivity contribution < 1.29 is 29.0 Å². The van der Waals surface area contributed by atoms with Crippen molar-refractivity contribution in [2.75, 3.05) is 7.11 Å². The van der Waals surface area contributed by atoms with Crippen molar-refractivity contribution in [3.63, 3.8) is 0 Å². The van der Waals surface area contributed by atoms with Crippen LogP contribution in [0.15, 0.2) is 52.5 Å². The van der Waals surface area contributed by atoms with Gasteiger partial charge in [-0.15, -0.1) is 0 Å². The van der Waals surface area contributed by atoms with E-state index in [4.69, 9.17) is 4.74 Å². The molecule has 1 N–H and O–H groups in total. The average Bonchev–Trinajstić information content (AvgIpc) is 2.62. The molecule has 2 rings (SSSR count). The number of hydrogen-bond donors (Lipinski definition) is 1. The van der Waals surface area contributed by atoms with Crippen molar-refractivity contribution in [2.24, 2.45) is 10.4 Å². The Kier molecular flexibility index (Phi) is 6.51. The zero-order chi connectivity index (χ0) is 20.9. The Morgan fingerprint density at radius 2 is 1.82 bits per heavy atom. The molecule has 0 saturated carbocycles. The van der Waals surface area contributed by atoms with Crippen LogP contribution in [0.4, 0.5) is 0 Å². The topological polar surface area (TPSA) is 102 Å². The van der Waals surface area contributed by atoms with Gasteiger partial charge < -0.3 is 14.6 Å². The number of esters is 2. The smallest absolute Gasteiger partial charge is 0.359 e. The standard InChI is InChI=1S/C21H23NO6/c1-13-5-7-14(8-6-13)19(25)28-12-16(20(26)27-4)22-11-15-17(23)9-21(2,3)10-18(15)24/h5-8,11-12,23H,9-10H2,1-4H3/b16-12-,22-11?. The average molecular weight is 385 g/mol.